The Balaban J connectivity index is 1.92. The van der Waals surface area contributed by atoms with E-state index in [1.165, 1.54) is 0 Å². The topological polar surface area (TPSA) is 56.8 Å². The van der Waals surface area contributed by atoms with Crippen molar-refractivity contribution in [2.24, 2.45) is 0 Å². The number of hydrogen-bond acceptors (Lipinski definition) is 4. The van der Waals surface area contributed by atoms with E-state index in [0.29, 0.717) is 43.0 Å². The van der Waals surface area contributed by atoms with Gasteiger partial charge in [0, 0.05) is 26.2 Å². The second-order valence-electron chi connectivity index (χ2n) is 5.26. The minimum absolute atomic E-state index is 0.0870. The van der Waals surface area contributed by atoms with Gasteiger partial charge in [0.1, 0.15) is 10.3 Å². The van der Waals surface area contributed by atoms with Gasteiger partial charge in [-0.25, -0.2) is 4.98 Å². The molecular weight excluding hydrogens is 336 g/mol. The summed E-state index contributed by atoms with van der Waals surface area (Å²) >= 11 is 3.27. The van der Waals surface area contributed by atoms with Crippen molar-refractivity contribution in [3.8, 4) is 0 Å². The number of piperazine rings is 1. The smallest absolute Gasteiger partial charge is 0.272 e. The molecular formula is C14H19BrN4O2. The van der Waals surface area contributed by atoms with Crippen molar-refractivity contribution in [3.63, 3.8) is 0 Å². The third-order valence-electron chi connectivity index (χ3n) is 3.31. The molecule has 1 aliphatic rings. The Bertz CT molecular complexity index is 527. The van der Waals surface area contributed by atoms with E-state index in [2.05, 4.69) is 20.9 Å². The second kappa shape index (κ2) is 7.00. The van der Waals surface area contributed by atoms with Crippen LogP contribution < -0.4 is 0 Å². The molecule has 1 aromatic rings. The number of hydrogen-bond donors (Lipinski definition) is 0. The van der Waals surface area contributed by atoms with Gasteiger partial charge in [-0.3, -0.25) is 9.59 Å². The molecule has 0 radical (unpaired) electrons. The van der Waals surface area contributed by atoms with Crippen molar-refractivity contribution in [3.05, 3.63) is 28.5 Å². The molecule has 1 saturated heterocycles. The molecule has 21 heavy (non-hydrogen) atoms. The molecule has 0 N–H and O–H groups in total. The largest absolute Gasteiger partial charge is 0.338 e. The number of likely N-dealkylation sites (N-methyl/N-ethyl adjacent to an activating group) is 1. The van der Waals surface area contributed by atoms with Crippen LogP contribution in [0, 0.1) is 0 Å². The molecule has 0 unspecified atom stereocenters. The summed E-state index contributed by atoms with van der Waals surface area (Å²) in [6.07, 6.45) is 0. The molecule has 2 rings (SSSR count). The monoisotopic (exact) mass is 354 g/mol. The second-order valence-corrected chi connectivity index (χ2v) is 6.07. The maximum Gasteiger partial charge on any atom is 0.272 e. The van der Waals surface area contributed by atoms with E-state index < -0.39 is 0 Å². The molecule has 0 spiro atoms. The highest BCUT2D eigenvalue weighted by Crippen LogP contribution is 2.11. The molecule has 1 aliphatic heterocycles. The number of nitrogens with zero attached hydrogens (tertiary/aromatic N) is 4. The predicted octanol–water partition coefficient (Wildman–Crippen LogP) is 0.690. The van der Waals surface area contributed by atoms with E-state index in [0.717, 1.165) is 0 Å². The zero-order chi connectivity index (χ0) is 15.4. The molecule has 114 valence electrons. The van der Waals surface area contributed by atoms with Gasteiger partial charge in [-0.2, -0.15) is 0 Å². The Morgan fingerprint density at radius 2 is 1.81 bits per heavy atom. The fraction of sp³-hybridized carbons (Fsp3) is 0.500. The van der Waals surface area contributed by atoms with Crippen LogP contribution in [0.3, 0.4) is 0 Å². The maximum absolute atomic E-state index is 12.3. The standard InChI is InChI=1S/C14H19BrN4O2/c1-17(2)10-13(20)18-6-8-19(9-7-18)14(21)11-4-3-5-12(15)16-11/h3-5H,6-10H2,1-2H3. The number of amides is 2. The quantitative estimate of drug-likeness (QED) is 0.749. The van der Waals surface area contributed by atoms with Gasteiger partial charge in [-0.1, -0.05) is 6.07 Å². The molecule has 0 aliphatic carbocycles. The molecule has 0 atom stereocenters. The summed E-state index contributed by atoms with van der Waals surface area (Å²) in [6, 6.07) is 5.28. The van der Waals surface area contributed by atoms with Crippen LogP contribution in [0.4, 0.5) is 0 Å². The summed E-state index contributed by atoms with van der Waals surface area (Å²) < 4.78 is 0.646. The van der Waals surface area contributed by atoms with Gasteiger partial charge in [0.25, 0.3) is 5.91 Å². The van der Waals surface area contributed by atoms with Crippen molar-refractivity contribution >= 4 is 27.7 Å². The molecule has 2 amide bonds. The first kappa shape index (κ1) is 15.9. The van der Waals surface area contributed by atoms with Crippen molar-refractivity contribution in [1.82, 2.24) is 19.7 Å². The summed E-state index contributed by atoms with van der Waals surface area (Å²) in [5.74, 6) is 0.0173. The molecule has 1 aromatic heterocycles. The van der Waals surface area contributed by atoms with Gasteiger partial charge in [0.05, 0.1) is 6.54 Å². The van der Waals surface area contributed by atoms with E-state index in [-0.39, 0.29) is 11.8 Å². The highest BCUT2D eigenvalue weighted by molar-refractivity contribution is 9.10. The molecule has 6 nitrogen and oxygen atoms in total. The van der Waals surface area contributed by atoms with Gasteiger partial charge in [-0.05, 0) is 42.2 Å². The molecule has 0 saturated carbocycles. The maximum atomic E-state index is 12.3. The zero-order valence-electron chi connectivity index (χ0n) is 12.3. The van der Waals surface area contributed by atoms with Crippen LogP contribution in [0.25, 0.3) is 0 Å². The average Bonchev–Trinajstić information content (AvgIpc) is 2.46. The zero-order valence-corrected chi connectivity index (χ0v) is 13.8. The Morgan fingerprint density at radius 3 is 2.38 bits per heavy atom. The van der Waals surface area contributed by atoms with Crippen LogP contribution in [-0.4, -0.2) is 78.3 Å². The van der Waals surface area contributed by atoms with Gasteiger partial charge < -0.3 is 14.7 Å². The number of carbonyl (C=O) groups excluding carboxylic acids is 2. The summed E-state index contributed by atoms with van der Waals surface area (Å²) in [6.45, 7) is 2.65. The van der Waals surface area contributed by atoms with Crippen molar-refractivity contribution < 1.29 is 9.59 Å². The summed E-state index contributed by atoms with van der Waals surface area (Å²) in [5, 5.41) is 0. The highest BCUT2D eigenvalue weighted by Gasteiger charge is 2.25. The number of aromatic nitrogens is 1. The number of pyridine rings is 1. The van der Waals surface area contributed by atoms with E-state index in [4.69, 9.17) is 0 Å². The van der Waals surface area contributed by atoms with Crippen molar-refractivity contribution in [2.45, 2.75) is 0 Å². The van der Waals surface area contributed by atoms with Crippen LogP contribution in [0.1, 0.15) is 10.5 Å². The molecule has 7 heteroatoms. The summed E-state index contributed by atoms with van der Waals surface area (Å²) in [5.41, 5.74) is 0.428. The van der Waals surface area contributed by atoms with E-state index >= 15 is 0 Å². The first-order valence-corrected chi connectivity index (χ1v) is 7.61. The van der Waals surface area contributed by atoms with Gasteiger partial charge in [0.15, 0.2) is 0 Å². The average molecular weight is 355 g/mol. The van der Waals surface area contributed by atoms with Crippen LogP contribution >= 0.6 is 15.9 Å². The number of halogens is 1. The number of carbonyl (C=O) groups is 2. The third-order valence-corrected chi connectivity index (χ3v) is 3.75. The van der Waals surface area contributed by atoms with E-state index in [9.17, 15) is 9.59 Å². The lowest BCUT2D eigenvalue weighted by Crippen LogP contribution is -2.52. The SMILES string of the molecule is CN(C)CC(=O)N1CCN(C(=O)c2cccc(Br)n2)CC1. The van der Waals surface area contributed by atoms with Crippen LogP contribution in [0.5, 0.6) is 0 Å². The summed E-state index contributed by atoms with van der Waals surface area (Å²) in [4.78, 5) is 33.9. The van der Waals surface area contributed by atoms with E-state index in [1.807, 2.05) is 19.0 Å². The van der Waals surface area contributed by atoms with Crippen molar-refractivity contribution in [1.29, 1.82) is 0 Å². The summed E-state index contributed by atoms with van der Waals surface area (Å²) in [7, 11) is 3.74. The molecule has 0 aromatic carbocycles. The van der Waals surface area contributed by atoms with Gasteiger partial charge in [-0.15, -0.1) is 0 Å². The Labute approximate surface area is 132 Å². The Morgan fingerprint density at radius 1 is 1.19 bits per heavy atom. The normalized spacial score (nSPS) is 15.4. The minimum atomic E-state index is -0.0870. The predicted molar refractivity (Wildman–Crippen MR) is 83.0 cm³/mol. The lowest BCUT2D eigenvalue weighted by Gasteiger charge is -2.35. The fourth-order valence-corrected chi connectivity index (χ4v) is 2.56. The van der Waals surface area contributed by atoms with Crippen LogP contribution in [0.15, 0.2) is 22.8 Å². The fourth-order valence-electron chi connectivity index (χ4n) is 2.22. The van der Waals surface area contributed by atoms with Gasteiger partial charge >= 0.3 is 0 Å². The Hall–Kier alpha value is -1.47. The van der Waals surface area contributed by atoms with Gasteiger partial charge in [0.2, 0.25) is 5.91 Å². The minimum Gasteiger partial charge on any atom is -0.338 e. The molecule has 0 bridgehead atoms. The Kier molecular flexibility index (Phi) is 5.30. The van der Waals surface area contributed by atoms with Crippen LogP contribution in [0.2, 0.25) is 0 Å². The molecule has 1 fully saturated rings. The van der Waals surface area contributed by atoms with Crippen LogP contribution in [-0.2, 0) is 4.79 Å². The first-order valence-electron chi connectivity index (χ1n) is 6.81. The lowest BCUT2D eigenvalue weighted by atomic mass is 10.2. The third kappa shape index (κ3) is 4.25. The number of rotatable bonds is 3. The van der Waals surface area contributed by atoms with E-state index in [1.54, 1.807) is 28.0 Å². The highest BCUT2D eigenvalue weighted by atomic mass is 79.9. The first-order chi connectivity index (χ1) is 9.97. The van der Waals surface area contributed by atoms with Crippen molar-refractivity contribution in [2.75, 3.05) is 46.8 Å². The molecule has 2 heterocycles. The lowest BCUT2D eigenvalue weighted by molar-refractivity contribution is -0.133.